The molecule has 9 aromatic rings. The Morgan fingerprint density at radius 1 is 0.578 bits per heavy atom. The number of nitrogens with zero attached hydrogens (tertiary/aromatic N) is 9. The van der Waals surface area contributed by atoms with Crippen molar-refractivity contribution in [1.82, 2.24) is 39.0 Å². The smallest absolute Gasteiger partial charge is 0.149 e. The number of rotatable bonds is 7. The number of aromatic amines is 1. The molecule has 2 fully saturated rings. The number of fused-ring (bicyclic) bond motifs is 4. The molecule has 0 atom stereocenters. The number of pyridine rings is 2. The van der Waals surface area contributed by atoms with Gasteiger partial charge in [-0.3, -0.25) is 19.1 Å². The molecule has 1 N–H and O–H groups in total. The van der Waals surface area contributed by atoms with Crippen molar-refractivity contribution in [2.24, 2.45) is 0 Å². The quantitative estimate of drug-likeness (QED) is 0.156. The summed E-state index contributed by atoms with van der Waals surface area (Å²) in [6, 6.07) is 16.2. The zero-order chi connectivity index (χ0) is 44.1. The van der Waals surface area contributed by atoms with Crippen LogP contribution in [0.25, 0.3) is 66.6 Å². The average Bonchev–Trinajstić information content (AvgIpc) is 4.10. The van der Waals surface area contributed by atoms with Gasteiger partial charge in [-0.25, -0.2) is 32.5 Å². The average molecular weight is 934 g/mol. The van der Waals surface area contributed by atoms with Gasteiger partial charge in [-0.15, -0.1) is 0 Å². The van der Waals surface area contributed by atoms with Gasteiger partial charge >= 0.3 is 0 Å². The van der Waals surface area contributed by atoms with Gasteiger partial charge in [-0.1, -0.05) is 13.8 Å². The number of imidazole rings is 3. The Kier molecular flexibility index (Phi) is 11.2. The van der Waals surface area contributed by atoms with E-state index in [1.165, 1.54) is 12.4 Å². The Morgan fingerprint density at radius 2 is 1.06 bits per heavy atom. The monoisotopic (exact) mass is 932 g/mol. The first-order valence-electron chi connectivity index (χ1n) is 21.1. The largest absolute Gasteiger partial charge is 0.378 e. The Hall–Kier alpha value is -6.43. The second-order valence-electron chi connectivity index (χ2n) is 15.4. The molecule has 0 spiro atoms. The van der Waals surface area contributed by atoms with E-state index >= 15 is 4.39 Å². The number of morpholine rings is 2. The molecule has 11 rings (SSSR count). The van der Waals surface area contributed by atoms with Crippen LogP contribution >= 0.6 is 15.9 Å². The van der Waals surface area contributed by atoms with Crippen LogP contribution in [0.4, 0.5) is 28.9 Å². The van der Waals surface area contributed by atoms with E-state index in [0.717, 1.165) is 106 Å². The molecule has 326 valence electrons. The first kappa shape index (κ1) is 41.6. The van der Waals surface area contributed by atoms with E-state index in [9.17, 15) is 13.2 Å². The number of H-pyrrole nitrogens is 1. The van der Waals surface area contributed by atoms with Gasteiger partial charge in [-0.2, -0.15) is 0 Å². The summed E-state index contributed by atoms with van der Waals surface area (Å²) >= 11 is 3.66. The SMILES string of the molecule is CCc1nc2c(-c3ncc[nH]3)cc(N3CCOCC3)cc2n1-c1ccnc2c(F)ccc(F)c12.CCc1nc2c(Br)cc(N3CCOCC3)cc2n1-c1ccnc2c(F)ccc(F)c12. The topological polar surface area (TPSA) is 115 Å². The van der Waals surface area contributed by atoms with Crippen LogP contribution in [0.1, 0.15) is 25.5 Å². The van der Waals surface area contributed by atoms with E-state index in [-0.39, 0.29) is 21.8 Å². The third kappa shape index (κ3) is 7.30. The van der Waals surface area contributed by atoms with E-state index in [1.54, 1.807) is 24.5 Å². The van der Waals surface area contributed by atoms with Crippen molar-refractivity contribution < 1.29 is 27.0 Å². The summed E-state index contributed by atoms with van der Waals surface area (Å²) in [5, 5.41) is 0.284. The number of hydrogen-bond donors (Lipinski definition) is 1. The van der Waals surface area contributed by atoms with Crippen LogP contribution < -0.4 is 9.80 Å². The fraction of sp³-hybridized carbons (Fsp3) is 0.255. The molecule has 4 aromatic carbocycles. The molecule has 0 bridgehead atoms. The zero-order valence-electron chi connectivity index (χ0n) is 34.9. The fourth-order valence-electron chi connectivity index (χ4n) is 8.72. The van der Waals surface area contributed by atoms with Gasteiger partial charge in [0.25, 0.3) is 0 Å². The van der Waals surface area contributed by atoms with Gasteiger partial charge in [0.05, 0.1) is 59.6 Å². The van der Waals surface area contributed by atoms with Crippen molar-refractivity contribution in [1.29, 1.82) is 0 Å². The van der Waals surface area contributed by atoms with Crippen LogP contribution in [-0.4, -0.2) is 91.6 Å². The van der Waals surface area contributed by atoms with Crippen LogP contribution in [0.3, 0.4) is 0 Å². The van der Waals surface area contributed by atoms with E-state index in [1.807, 2.05) is 23.0 Å². The molecule has 0 radical (unpaired) electrons. The number of aromatic nitrogens is 8. The molecule has 12 nitrogen and oxygen atoms in total. The van der Waals surface area contributed by atoms with E-state index in [0.29, 0.717) is 56.5 Å². The van der Waals surface area contributed by atoms with Crippen molar-refractivity contribution in [3.63, 3.8) is 0 Å². The first-order valence-corrected chi connectivity index (χ1v) is 21.9. The lowest BCUT2D eigenvalue weighted by Gasteiger charge is -2.29. The van der Waals surface area contributed by atoms with Crippen LogP contribution in [-0.2, 0) is 22.3 Å². The molecule has 0 unspecified atom stereocenters. The van der Waals surface area contributed by atoms with Crippen LogP contribution in [0.15, 0.2) is 89.9 Å². The molecular weight excluding hydrogens is 892 g/mol. The Morgan fingerprint density at radius 3 is 1.56 bits per heavy atom. The number of hydrogen-bond acceptors (Lipinski definition) is 9. The molecule has 0 aliphatic carbocycles. The Bertz CT molecular complexity index is 3200. The van der Waals surface area contributed by atoms with E-state index in [2.05, 4.69) is 69.9 Å². The predicted molar refractivity (Wildman–Crippen MR) is 243 cm³/mol. The van der Waals surface area contributed by atoms with Crippen LogP contribution in [0.5, 0.6) is 0 Å². The number of ether oxygens (including phenoxy) is 2. The molecule has 0 amide bonds. The Balaban J connectivity index is 0.000000153. The highest BCUT2D eigenvalue weighted by atomic mass is 79.9. The molecular formula is C47H41BrF4N10O2. The fourth-order valence-corrected chi connectivity index (χ4v) is 9.25. The third-order valence-electron chi connectivity index (χ3n) is 11.7. The van der Waals surface area contributed by atoms with Crippen LogP contribution in [0.2, 0.25) is 0 Å². The van der Waals surface area contributed by atoms with Crippen molar-refractivity contribution in [3.05, 3.63) is 125 Å². The lowest BCUT2D eigenvalue weighted by atomic mass is 10.1. The number of halogens is 5. The van der Waals surface area contributed by atoms with Gasteiger partial charge in [0.15, 0.2) is 0 Å². The Labute approximate surface area is 372 Å². The second-order valence-corrected chi connectivity index (χ2v) is 16.2. The maximum atomic E-state index is 15.0. The molecule has 2 aliphatic rings. The summed E-state index contributed by atoms with van der Waals surface area (Å²) in [6.45, 7) is 9.74. The van der Waals surface area contributed by atoms with E-state index in [4.69, 9.17) is 19.4 Å². The van der Waals surface area contributed by atoms with Gasteiger partial charge in [0.1, 0.15) is 62.8 Å². The third-order valence-corrected chi connectivity index (χ3v) is 12.3. The molecule has 2 aliphatic heterocycles. The lowest BCUT2D eigenvalue weighted by Crippen LogP contribution is -2.36. The summed E-state index contributed by atoms with van der Waals surface area (Å²) in [5.74, 6) is 0.0426. The lowest BCUT2D eigenvalue weighted by molar-refractivity contribution is 0.122. The maximum Gasteiger partial charge on any atom is 0.149 e. The molecule has 7 heterocycles. The summed E-state index contributed by atoms with van der Waals surface area (Å²) in [4.78, 5) is 30.1. The normalized spacial score (nSPS) is 14.5. The zero-order valence-corrected chi connectivity index (χ0v) is 36.5. The summed E-state index contributed by atoms with van der Waals surface area (Å²) in [7, 11) is 0. The van der Waals surface area contributed by atoms with Crippen molar-refractivity contribution in [2.45, 2.75) is 26.7 Å². The maximum absolute atomic E-state index is 15.0. The second kappa shape index (κ2) is 17.3. The predicted octanol–water partition coefficient (Wildman–Crippen LogP) is 9.65. The van der Waals surface area contributed by atoms with Gasteiger partial charge in [-0.05, 0) is 76.6 Å². The number of anilines is 2. The molecule has 64 heavy (non-hydrogen) atoms. The minimum atomic E-state index is -0.564. The summed E-state index contributed by atoms with van der Waals surface area (Å²) in [5.41, 5.74) is 7.08. The van der Waals surface area contributed by atoms with Crippen molar-refractivity contribution >= 4 is 71.2 Å². The van der Waals surface area contributed by atoms with Crippen molar-refractivity contribution in [2.75, 3.05) is 62.4 Å². The highest BCUT2D eigenvalue weighted by Crippen LogP contribution is 2.38. The van der Waals surface area contributed by atoms with Gasteiger partial charge in [0, 0.05) is 85.2 Å². The van der Waals surface area contributed by atoms with Gasteiger partial charge < -0.3 is 24.3 Å². The molecule has 17 heteroatoms. The van der Waals surface area contributed by atoms with E-state index < -0.39 is 23.3 Å². The standard InChI is InChI=1S/C25H22F2N6O.C22H19BrF2N4O/c1-2-21-31-23-16(25-29-7-8-30-25)13-15(32-9-11-34-12-10-32)14-20(23)33(21)19-5-6-28-24-18(27)4-3-17(26)22(19)24;1-2-19-27-21-14(23)11-13(28-7-9-30-10-8-28)12-18(21)29(19)17-5-6-26-22-16(25)4-3-15(24)20(17)22/h3-8,13-14H,2,9-12H2,1H3,(H,29,30);3-6,11-12H,2,7-10H2,1H3. The summed E-state index contributed by atoms with van der Waals surface area (Å²) in [6.07, 6.45) is 7.72. The van der Waals surface area contributed by atoms with Crippen molar-refractivity contribution in [3.8, 4) is 22.8 Å². The molecule has 2 saturated heterocycles. The molecule has 5 aromatic heterocycles. The summed E-state index contributed by atoms with van der Waals surface area (Å²) < 4.78 is 74.5. The number of nitrogens with one attached hydrogen (secondary N) is 1. The highest BCUT2D eigenvalue weighted by Gasteiger charge is 2.25. The number of benzene rings is 4. The minimum Gasteiger partial charge on any atom is -0.378 e. The number of aryl methyl sites for hydroxylation is 2. The van der Waals surface area contributed by atoms with Crippen LogP contribution in [0, 0.1) is 23.3 Å². The minimum absolute atomic E-state index is 0.00278. The highest BCUT2D eigenvalue weighted by molar-refractivity contribution is 9.10. The first-order chi connectivity index (χ1) is 31.2. The molecule has 0 saturated carbocycles. The van der Waals surface area contributed by atoms with Gasteiger partial charge in [0.2, 0.25) is 0 Å².